The highest BCUT2D eigenvalue weighted by atomic mass is 32.2. The van der Waals surface area contributed by atoms with Crippen LogP contribution in [0, 0.1) is 13.8 Å². The van der Waals surface area contributed by atoms with E-state index in [0.29, 0.717) is 5.69 Å². The van der Waals surface area contributed by atoms with Gasteiger partial charge in [0.1, 0.15) is 5.75 Å². The lowest BCUT2D eigenvalue weighted by atomic mass is 10.1. The lowest BCUT2D eigenvalue weighted by molar-refractivity contribution is -0.113. The summed E-state index contributed by atoms with van der Waals surface area (Å²) in [6, 6.07) is 4.91. The summed E-state index contributed by atoms with van der Waals surface area (Å²) in [5.74, 6) is -1.47. The molecule has 0 saturated heterocycles. The molecule has 1 unspecified atom stereocenters. The van der Waals surface area contributed by atoms with Crippen LogP contribution in [0.5, 0.6) is 0 Å². The zero-order valence-electron chi connectivity index (χ0n) is 13.0. The van der Waals surface area contributed by atoms with Gasteiger partial charge in [0.15, 0.2) is 0 Å². The molecule has 1 heterocycles. The number of aryl methyl sites for hydroxylation is 2. The summed E-state index contributed by atoms with van der Waals surface area (Å²) in [5, 5.41) is 8.98. The third kappa shape index (κ3) is 3.93. The number of rotatable bonds is 5. The molecule has 8 nitrogen and oxygen atoms in total. The molecule has 1 atom stereocenters. The lowest BCUT2D eigenvalue weighted by Gasteiger charge is -2.10. The van der Waals surface area contributed by atoms with E-state index >= 15 is 0 Å². The van der Waals surface area contributed by atoms with Crippen molar-refractivity contribution in [3.05, 3.63) is 35.2 Å². The Labute approximate surface area is 134 Å². The minimum absolute atomic E-state index is 0.00117. The molecule has 0 spiro atoms. The Hall–Kier alpha value is -2.26. The minimum Gasteiger partial charge on any atom is -0.411 e. The summed E-state index contributed by atoms with van der Waals surface area (Å²) in [7, 11) is -4.03. The number of hydrogen-bond donors (Lipinski definition) is 2. The van der Waals surface area contributed by atoms with E-state index in [2.05, 4.69) is 15.5 Å². The maximum absolute atomic E-state index is 12.1. The summed E-state index contributed by atoms with van der Waals surface area (Å²) in [4.78, 5) is 12.0. The summed E-state index contributed by atoms with van der Waals surface area (Å²) in [6.07, 6.45) is 0. The number of carbonyl (C=O) groups is 1. The summed E-state index contributed by atoms with van der Waals surface area (Å²) >= 11 is 0. The molecule has 1 aromatic carbocycles. The number of benzene rings is 1. The molecular weight excluding hydrogens is 320 g/mol. The van der Waals surface area contributed by atoms with Gasteiger partial charge in [-0.25, -0.2) is 8.42 Å². The van der Waals surface area contributed by atoms with Crippen molar-refractivity contribution in [3.63, 3.8) is 0 Å². The first-order chi connectivity index (χ1) is 10.7. The van der Waals surface area contributed by atoms with Crippen molar-refractivity contribution in [1.29, 1.82) is 0 Å². The first kappa shape index (κ1) is 17.1. The third-order valence-corrected chi connectivity index (χ3v) is 4.48. The Morgan fingerprint density at radius 1 is 1.30 bits per heavy atom. The van der Waals surface area contributed by atoms with E-state index in [1.165, 1.54) is 0 Å². The molecule has 0 aliphatic heterocycles. The van der Waals surface area contributed by atoms with Gasteiger partial charge in [-0.1, -0.05) is 23.3 Å². The van der Waals surface area contributed by atoms with E-state index in [0.717, 1.165) is 11.1 Å². The number of nitrogens with two attached hydrogens (primary N) is 1. The number of para-hydroxylation sites is 1. The predicted molar refractivity (Wildman–Crippen MR) is 83.5 cm³/mol. The van der Waals surface area contributed by atoms with Crippen molar-refractivity contribution in [2.24, 2.45) is 5.73 Å². The number of anilines is 1. The van der Waals surface area contributed by atoms with Crippen LogP contribution in [-0.2, 0) is 14.6 Å². The third-order valence-electron chi connectivity index (χ3n) is 3.14. The zero-order chi connectivity index (χ0) is 17.2. The second-order valence-corrected chi connectivity index (χ2v) is 7.14. The van der Waals surface area contributed by atoms with Crippen molar-refractivity contribution < 1.29 is 17.6 Å². The van der Waals surface area contributed by atoms with Crippen LogP contribution in [0.3, 0.4) is 0 Å². The molecule has 0 aliphatic carbocycles. The van der Waals surface area contributed by atoms with Crippen LogP contribution in [0.25, 0.3) is 0 Å². The lowest BCUT2D eigenvalue weighted by Crippen LogP contribution is -2.24. The fourth-order valence-corrected chi connectivity index (χ4v) is 2.87. The Kier molecular flexibility index (Phi) is 4.81. The number of sulfone groups is 1. The van der Waals surface area contributed by atoms with Crippen molar-refractivity contribution >= 4 is 21.4 Å². The van der Waals surface area contributed by atoms with Gasteiger partial charge in [0, 0.05) is 5.69 Å². The van der Waals surface area contributed by atoms with E-state index in [1.54, 1.807) is 6.92 Å². The van der Waals surface area contributed by atoms with Crippen LogP contribution in [0.4, 0.5) is 5.69 Å². The molecule has 0 aliphatic rings. The molecule has 124 valence electrons. The van der Waals surface area contributed by atoms with Crippen LogP contribution in [0.2, 0.25) is 0 Å². The van der Waals surface area contributed by atoms with Gasteiger partial charge >= 0.3 is 5.22 Å². The quantitative estimate of drug-likeness (QED) is 0.835. The number of nitrogens with one attached hydrogen (secondary N) is 1. The summed E-state index contributed by atoms with van der Waals surface area (Å²) in [6.45, 7) is 5.23. The molecule has 1 aromatic heterocycles. The van der Waals surface area contributed by atoms with Crippen molar-refractivity contribution in [1.82, 2.24) is 10.2 Å². The molecule has 0 bridgehead atoms. The summed E-state index contributed by atoms with van der Waals surface area (Å²) < 4.78 is 29.3. The number of hydrogen-bond acceptors (Lipinski definition) is 7. The summed E-state index contributed by atoms with van der Waals surface area (Å²) in [5.41, 5.74) is 7.81. The van der Waals surface area contributed by atoms with E-state index in [4.69, 9.17) is 10.2 Å². The smallest absolute Gasteiger partial charge is 0.336 e. The normalized spacial score (nSPS) is 12.9. The van der Waals surface area contributed by atoms with Gasteiger partial charge in [0.2, 0.25) is 21.6 Å². The Morgan fingerprint density at radius 3 is 2.43 bits per heavy atom. The second-order valence-electron chi connectivity index (χ2n) is 5.27. The molecule has 3 N–H and O–H groups in total. The van der Waals surface area contributed by atoms with E-state index < -0.39 is 32.8 Å². The predicted octanol–water partition coefficient (Wildman–Crippen LogP) is 1.12. The Balaban J connectivity index is 2.15. The van der Waals surface area contributed by atoms with Gasteiger partial charge < -0.3 is 15.5 Å². The maximum Gasteiger partial charge on any atom is 0.336 e. The van der Waals surface area contributed by atoms with Crippen LogP contribution < -0.4 is 11.1 Å². The highest BCUT2D eigenvalue weighted by Gasteiger charge is 2.27. The number of aromatic nitrogens is 2. The minimum atomic E-state index is -4.03. The fourth-order valence-electron chi connectivity index (χ4n) is 1.95. The molecule has 2 aromatic rings. The highest BCUT2D eigenvalue weighted by molar-refractivity contribution is 7.91. The molecule has 23 heavy (non-hydrogen) atoms. The second kappa shape index (κ2) is 6.47. The van der Waals surface area contributed by atoms with Crippen LogP contribution in [0.15, 0.2) is 27.8 Å². The van der Waals surface area contributed by atoms with Crippen LogP contribution in [-0.4, -0.2) is 30.3 Å². The first-order valence-corrected chi connectivity index (χ1v) is 8.53. The van der Waals surface area contributed by atoms with E-state index in [9.17, 15) is 13.2 Å². The number of amides is 1. The van der Waals surface area contributed by atoms with Gasteiger partial charge in [-0.05, 0) is 31.9 Å². The zero-order valence-corrected chi connectivity index (χ0v) is 13.8. The molecule has 0 fully saturated rings. The molecule has 2 rings (SSSR count). The maximum atomic E-state index is 12.1. The molecule has 1 amide bonds. The largest absolute Gasteiger partial charge is 0.411 e. The topological polar surface area (TPSA) is 128 Å². The Bertz CT molecular complexity index is 807. The van der Waals surface area contributed by atoms with Gasteiger partial charge in [0.05, 0.1) is 6.04 Å². The van der Waals surface area contributed by atoms with Gasteiger partial charge in [-0.3, -0.25) is 4.79 Å². The van der Waals surface area contributed by atoms with Gasteiger partial charge in [-0.2, -0.15) is 0 Å². The van der Waals surface area contributed by atoms with Crippen molar-refractivity contribution in [3.8, 4) is 0 Å². The monoisotopic (exact) mass is 338 g/mol. The highest BCUT2D eigenvalue weighted by Crippen LogP contribution is 2.20. The van der Waals surface area contributed by atoms with Gasteiger partial charge in [0.25, 0.3) is 0 Å². The SMILES string of the molecule is Cc1cccc(C)c1NC(=O)CS(=O)(=O)c1nnc(C(C)N)o1. The molecule has 9 heteroatoms. The fraction of sp³-hybridized carbons (Fsp3) is 0.357. The number of carbonyl (C=O) groups excluding carboxylic acids is 1. The molecule has 0 saturated carbocycles. The Morgan fingerprint density at radius 2 is 1.91 bits per heavy atom. The average Bonchev–Trinajstić information content (AvgIpc) is 2.93. The van der Waals surface area contributed by atoms with E-state index in [-0.39, 0.29) is 5.89 Å². The van der Waals surface area contributed by atoms with Crippen LogP contribution in [0.1, 0.15) is 30.0 Å². The van der Waals surface area contributed by atoms with Gasteiger partial charge in [-0.15, -0.1) is 5.10 Å². The van der Waals surface area contributed by atoms with Crippen LogP contribution >= 0.6 is 0 Å². The number of nitrogens with zero attached hydrogens (tertiary/aromatic N) is 2. The van der Waals surface area contributed by atoms with Crippen molar-refractivity contribution in [2.75, 3.05) is 11.1 Å². The average molecular weight is 338 g/mol. The van der Waals surface area contributed by atoms with Crippen molar-refractivity contribution in [2.45, 2.75) is 32.0 Å². The standard InChI is InChI=1S/C14H18N4O4S/c1-8-5-4-6-9(2)12(8)16-11(19)7-23(20,21)14-18-17-13(22-14)10(3)15/h4-6,10H,7,15H2,1-3H3,(H,16,19). The molecular formula is C14H18N4O4S. The first-order valence-electron chi connectivity index (χ1n) is 6.88. The van der Waals surface area contributed by atoms with E-state index in [1.807, 2.05) is 32.0 Å². The molecule has 0 radical (unpaired) electrons.